The van der Waals surface area contributed by atoms with Gasteiger partial charge < -0.3 is 15.2 Å². The van der Waals surface area contributed by atoms with Gasteiger partial charge in [-0.15, -0.1) is 16.7 Å². The number of benzene rings is 3. The second-order valence-corrected chi connectivity index (χ2v) is 8.03. The van der Waals surface area contributed by atoms with Gasteiger partial charge in [0.05, 0.1) is 0 Å². The minimum absolute atomic E-state index is 0.0534. The smallest absolute Gasteiger partial charge is 0.410 e. The number of carbonyl (C=O) groups is 1. The largest absolute Gasteiger partial charge is 0.475 e. The molecule has 4 N–H and O–H groups in total. The minimum atomic E-state index is -0.916. The fourth-order valence-corrected chi connectivity index (χ4v) is 3.78. The van der Waals surface area contributed by atoms with Gasteiger partial charge in [-0.25, -0.2) is 4.79 Å². The van der Waals surface area contributed by atoms with Gasteiger partial charge in [-0.05, 0) is 70.1 Å². The molecule has 3 aromatic rings. The first kappa shape index (κ1) is 23.1. The zero-order valence-corrected chi connectivity index (χ0v) is 18.2. The van der Waals surface area contributed by atoms with E-state index >= 15 is 0 Å². The Kier molecular flexibility index (Phi) is 8.02. The third-order valence-corrected chi connectivity index (χ3v) is 5.62. The number of nitrogens with two attached hydrogens (primary N) is 2. The average Bonchev–Trinajstić information content (AvgIpc) is 2.80. The molecule has 3 aromatic carbocycles. The number of nitroso groups, excluding NO2 is 1. The molecule has 0 heterocycles. The molecule has 32 heavy (non-hydrogen) atoms. The van der Waals surface area contributed by atoms with Crippen LogP contribution in [0.4, 0.5) is 10.5 Å². The average molecular weight is 450 g/mol. The predicted octanol–water partition coefficient (Wildman–Crippen LogP) is 5.97. The van der Waals surface area contributed by atoms with Crippen LogP contribution in [-0.4, -0.2) is 12.8 Å². The van der Waals surface area contributed by atoms with Crippen LogP contribution in [0.1, 0.15) is 23.3 Å². The predicted molar refractivity (Wildman–Crippen MR) is 129 cm³/mol. The van der Waals surface area contributed by atoms with E-state index in [0.717, 1.165) is 16.7 Å². The third-order valence-electron chi connectivity index (χ3n) is 4.65. The summed E-state index contributed by atoms with van der Waals surface area (Å²) in [6, 6.07) is 20.6. The summed E-state index contributed by atoms with van der Waals surface area (Å²) >= 11 is 1.67. The molecule has 1 amide bonds. The Bertz CT molecular complexity index is 1100. The van der Waals surface area contributed by atoms with Gasteiger partial charge in [0, 0.05) is 5.25 Å². The van der Waals surface area contributed by atoms with Gasteiger partial charge in [-0.2, -0.15) is 0 Å². The summed E-state index contributed by atoms with van der Waals surface area (Å²) in [4.78, 5) is 21.6. The van der Waals surface area contributed by atoms with E-state index in [4.69, 9.17) is 20.9 Å². The lowest BCUT2D eigenvalue weighted by Crippen LogP contribution is -2.17. The SMILES string of the molecule is CC(S/C=C/c1ccc(OC(N)=O)c(OCN)c1)c1ccc(-c2ccc(N=O)cc2)cc1. The van der Waals surface area contributed by atoms with Crippen molar-refractivity contribution in [1.29, 1.82) is 0 Å². The fourth-order valence-electron chi connectivity index (χ4n) is 3.00. The highest BCUT2D eigenvalue weighted by Crippen LogP contribution is 2.33. The van der Waals surface area contributed by atoms with Gasteiger partial charge in [0.1, 0.15) is 12.4 Å². The molecule has 7 nitrogen and oxygen atoms in total. The molecule has 0 aliphatic carbocycles. The Morgan fingerprint density at radius 2 is 1.69 bits per heavy atom. The van der Waals surface area contributed by atoms with Crippen molar-refractivity contribution >= 4 is 29.6 Å². The number of nitrogens with zero attached hydrogens (tertiary/aromatic N) is 1. The fraction of sp³-hybridized carbons (Fsp3) is 0.125. The summed E-state index contributed by atoms with van der Waals surface area (Å²) in [5.74, 6) is 0.567. The van der Waals surface area contributed by atoms with Crippen LogP contribution in [0.25, 0.3) is 17.2 Å². The summed E-state index contributed by atoms with van der Waals surface area (Å²) < 4.78 is 10.2. The maximum Gasteiger partial charge on any atom is 0.410 e. The molecule has 1 unspecified atom stereocenters. The molecule has 3 rings (SSSR count). The number of thioether (sulfide) groups is 1. The molecule has 0 fully saturated rings. The number of carbonyl (C=O) groups excluding carboxylic acids is 1. The molecular weight excluding hydrogens is 426 g/mol. The van der Waals surface area contributed by atoms with Gasteiger partial charge in [0.15, 0.2) is 11.5 Å². The highest BCUT2D eigenvalue weighted by atomic mass is 32.2. The van der Waals surface area contributed by atoms with Crippen LogP contribution in [0, 0.1) is 4.91 Å². The Morgan fingerprint density at radius 3 is 2.28 bits per heavy atom. The van der Waals surface area contributed by atoms with Crippen LogP contribution in [-0.2, 0) is 0 Å². The molecule has 1 atom stereocenters. The maximum atomic E-state index is 11.0. The molecule has 0 bridgehead atoms. The lowest BCUT2D eigenvalue weighted by atomic mass is 10.0. The second-order valence-electron chi connectivity index (χ2n) is 6.78. The van der Waals surface area contributed by atoms with E-state index in [0.29, 0.717) is 11.4 Å². The van der Waals surface area contributed by atoms with Crippen molar-refractivity contribution in [2.24, 2.45) is 16.6 Å². The van der Waals surface area contributed by atoms with Gasteiger partial charge in [-0.3, -0.25) is 5.73 Å². The van der Waals surface area contributed by atoms with Gasteiger partial charge >= 0.3 is 6.09 Å². The third kappa shape index (κ3) is 6.19. The highest BCUT2D eigenvalue weighted by Gasteiger charge is 2.09. The quantitative estimate of drug-likeness (QED) is 0.307. The highest BCUT2D eigenvalue weighted by molar-refractivity contribution is 8.02. The summed E-state index contributed by atoms with van der Waals surface area (Å²) in [7, 11) is 0. The number of hydrogen-bond donors (Lipinski definition) is 2. The van der Waals surface area contributed by atoms with E-state index in [1.165, 1.54) is 5.56 Å². The number of ether oxygens (including phenoxy) is 2. The minimum Gasteiger partial charge on any atom is -0.475 e. The van der Waals surface area contributed by atoms with E-state index in [1.807, 2.05) is 23.6 Å². The summed E-state index contributed by atoms with van der Waals surface area (Å²) in [6.45, 7) is 2.07. The van der Waals surface area contributed by atoms with Gasteiger partial charge in [0.25, 0.3) is 0 Å². The van der Waals surface area contributed by atoms with E-state index in [2.05, 4.69) is 36.4 Å². The topological polar surface area (TPSA) is 117 Å². The molecule has 164 valence electrons. The van der Waals surface area contributed by atoms with Crippen molar-refractivity contribution in [3.63, 3.8) is 0 Å². The summed E-state index contributed by atoms with van der Waals surface area (Å²) in [5.41, 5.74) is 15.1. The van der Waals surface area contributed by atoms with Crippen LogP contribution in [0.5, 0.6) is 11.5 Å². The van der Waals surface area contributed by atoms with Gasteiger partial charge in [0.2, 0.25) is 0 Å². The number of primary amides is 1. The molecule has 8 heteroatoms. The molecule has 0 saturated heterocycles. The van der Waals surface area contributed by atoms with Crippen LogP contribution in [0.3, 0.4) is 0 Å². The number of rotatable bonds is 9. The molecule has 0 radical (unpaired) electrons. The first-order chi connectivity index (χ1) is 15.5. The zero-order chi connectivity index (χ0) is 22.9. The van der Waals surface area contributed by atoms with Crippen molar-refractivity contribution in [2.75, 3.05) is 6.73 Å². The van der Waals surface area contributed by atoms with Crippen LogP contribution < -0.4 is 20.9 Å². The number of hydrogen-bond acceptors (Lipinski definition) is 7. The normalized spacial score (nSPS) is 11.8. The Labute approximate surface area is 190 Å². The monoisotopic (exact) mass is 449 g/mol. The van der Waals surface area contributed by atoms with Gasteiger partial charge in [-0.1, -0.05) is 42.5 Å². The molecule has 0 saturated carbocycles. The Morgan fingerprint density at radius 1 is 1.03 bits per heavy atom. The first-order valence-electron chi connectivity index (χ1n) is 9.80. The maximum absolute atomic E-state index is 11.0. The summed E-state index contributed by atoms with van der Waals surface area (Å²) in [6.07, 6.45) is 1.02. The van der Waals surface area contributed by atoms with E-state index < -0.39 is 6.09 Å². The van der Waals surface area contributed by atoms with E-state index in [-0.39, 0.29) is 17.7 Å². The summed E-state index contributed by atoms with van der Waals surface area (Å²) in [5, 5.41) is 5.16. The van der Waals surface area contributed by atoms with E-state index in [9.17, 15) is 9.70 Å². The van der Waals surface area contributed by atoms with Crippen LogP contribution in [0.2, 0.25) is 0 Å². The number of amides is 1. The molecule has 0 aliphatic rings. The van der Waals surface area contributed by atoms with Crippen molar-refractivity contribution in [3.05, 3.63) is 88.2 Å². The molecule has 0 aliphatic heterocycles. The van der Waals surface area contributed by atoms with Crippen molar-refractivity contribution < 1.29 is 14.3 Å². The molecule has 0 spiro atoms. The van der Waals surface area contributed by atoms with E-state index in [1.54, 1.807) is 42.1 Å². The van der Waals surface area contributed by atoms with Crippen molar-refractivity contribution in [3.8, 4) is 22.6 Å². The van der Waals surface area contributed by atoms with Crippen molar-refractivity contribution in [1.82, 2.24) is 0 Å². The van der Waals surface area contributed by atoms with Crippen LogP contribution >= 0.6 is 11.8 Å². The first-order valence-corrected chi connectivity index (χ1v) is 10.7. The standard InChI is InChI=1S/C24H23N3O4S/c1-16(18-3-5-19(6-4-18)20-7-9-21(27-29)10-8-20)32-13-12-17-2-11-22(31-24(26)28)23(14-17)30-15-25/h2-14,16H,15,25H2,1H3,(H2,26,28)/b13-12+. The second kappa shape index (κ2) is 11.1. The molecular formula is C24H23N3O4S. The van der Waals surface area contributed by atoms with Crippen molar-refractivity contribution in [2.45, 2.75) is 12.2 Å². The van der Waals surface area contributed by atoms with Crippen LogP contribution in [0.15, 0.2) is 77.3 Å². The molecule has 0 aromatic heterocycles. The lowest BCUT2D eigenvalue weighted by molar-refractivity contribution is 0.207. The lowest BCUT2D eigenvalue weighted by Gasteiger charge is -2.11. The Balaban J connectivity index is 1.64. The zero-order valence-electron chi connectivity index (χ0n) is 17.4. The Hall–Kier alpha value is -3.62.